The van der Waals surface area contributed by atoms with Crippen LogP contribution < -0.4 is 10.4 Å². The maximum absolute atomic E-state index is 12.3. The smallest absolute Gasteiger partial charge is 0.356 e. The number of nitrogens with one attached hydrogen (secondary N) is 1. The molecule has 0 fully saturated rings. The van der Waals surface area contributed by atoms with E-state index in [9.17, 15) is 4.79 Å². The summed E-state index contributed by atoms with van der Waals surface area (Å²) in [6.07, 6.45) is 2.65. The molecule has 160 valence electrons. The van der Waals surface area contributed by atoms with Gasteiger partial charge in [0.1, 0.15) is 5.69 Å². The Labute approximate surface area is 181 Å². The molecule has 1 unspecified atom stereocenters. The average Bonchev–Trinajstić information content (AvgIpc) is 3.42. The number of hydrogen-bond acceptors (Lipinski definition) is 5. The lowest BCUT2D eigenvalue weighted by Gasteiger charge is -2.17. The van der Waals surface area contributed by atoms with Crippen LogP contribution in [0.5, 0.6) is 5.75 Å². The summed E-state index contributed by atoms with van der Waals surface area (Å²) in [5, 5.41) is 5.68. The number of fused-ring (bicyclic) bond motifs is 1. The quantitative estimate of drug-likeness (QED) is 0.350. The number of hydrogen-bond donors (Lipinski definition) is 1. The van der Waals surface area contributed by atoms with E-state index in [4.69, 9.17) is 9.57 Å². The van der Waals surface area contributed by atoms with Crippen LogP contribution in [0.1, 0.15) is 47.2 Å². The maximum atomic E-state index is 12.3. The first-order valence-corrected chi connectivity index (χ1v) is 10.3. The highest BCUT2D eigenvalue weighted by Gasteiger charge is 2.22. The van der Waals surface area contributed by atoms with Crippen molar-refractivity contribution in [1.29, 1.82) is 0 Å². The monoisotopic (exact) mass is 418 g/mol. The van der Waals surface area contributed by atoms with Crippen LogP contribution in [-0.4, -0.2) is 27.5 Å². The molecule has 1 N–H and O–H groups in total. The summed E-state index contributed by atoms with van der Waals surface area (Å²) in [6.45, 7) is 6.08. The highest BCUT2D eigenvalue weighted by molar-refractivity contribution is 5.88. The Bertz CT molecular complexity index is 1210. The number of methoxy groups -OCH3 is 1. The summed E-state index contributed by atoms with van der Waals surface area (Å²) in [6, 6.07) is 17.5. The summed E-state index contributed by atoms with van der Waals surface area (Å²) < 4.78 is 8.53. The molecule has 2 aromatic heterocycles. The molecule has 0 amide bonds. The molecule has 0 aliphatic heterocycles. The lowest BCUT2D eigenvalue weighted by atomic mass is 10.0. The lowest BCUT2D eigenvalue weighted by Crippen LogP contribution is -2.18. The Kier molecular flexibility index (Phi) is 5.66. The second-order valence-corrected chi connectivity index (χ2v) is 7.46. The van der Waals surface area contributed by atoms with Gasteiger partial charge in [0.2, 0.25) is 0 Å². The van der Waals surface area contributed by atoms with Crippen molar-refractivity contribution in [3.05, 3.63) is 83.3 Å². The van der Waals surface area contributed by atoms with Gasteiger partial charge in [0.05, 0.1) is 24.4 Å². The minimum atomic E-state index is -0.392. The fourth-order valence-electron chi connectivity index (χ4n) is 3.65. The number of carbonyl (C=O) groups is 1. The van der Waals surface area contributed by atoms with Crippen LogP contribution in [0.2, 0.25) is 0 Å². The van der Waals surface area contributed by atoms with E-state index in [0.29, 0.717) is 5.69 Å². The van der Waals surface area contributed by atoms with Gasteiger partial charge in [0.25, 0.3) is 0 Å². The summed E-state index contributed by atoms with van der Waals surface area (Å²) in [5.74, 6) is 0.334. The van der Waals surface area contributed by atoms with Crippen LogP contribution in [0, 0.1) is 6.92 Å². The molecule has 7 nitrogen and oxygen atoms in total. The Hall–Kier alpha value is -3.74. The molecule has 1 atom stereocenters. The first kappa shape index (κ1) is 20.5. The molecular formula is C24H26N4O3. The molecule has 0 bridgehead atoms. The first-order chi connectivity index (χ1) is 15.0. The molecular weight excluding hydrogens is 392 g/mol. The summed E-state index contributed by atoms with van der Waals surface area (Å²) in [5.41, 5.74) is 7.46. The molecule has 4 rings (SSSR count). The van der Waals surface area contributed by atoms with Gasteiger partial charge in [-0.05, 0) is 56.2 Å². The van der Waals surface area contributed by atoms with E-state index in [1.165, 1.54) is 12.7 Å². The van der Waals surface area contributed by atoms with E-state index >= 15 is 0 Å². The third-order valence-corrected chi connectivity index (χ3v) is 5.41. The number of aromatic nitrogens is 3. The number of carbonyl (C=O) groups excluding carboxylic acids is 1. The van der Waals surface area contributed by atoms with Gasteiger partial charge in [-0.15, -0.1) is 0 Å². The van der Waals surface area contributed by atoms with Crippen LogP contribution >= 0.6 is 0 Å². The predicted octanol–water partition coefficient (Wildman–Crippen LogP) is 4.64. The predicted molar refractivity (Wildman–Crippen MR) is 120 cm³/mol. The van der Waals surface area contributed by atoms with Gasteiger partial charge in [-0.1, -0.05) is 36.8 Å². The second kappa shape index (κ2) is 8.55. The minimum absolute atomic E-state index is 0.160. The van der Waals surface area contributed by atoms with Crippen LogP contribution in [-0.2, 0) is 11.2 Å². The zero-order valence-corrected chi connectivity index (χ0v) is 18.1. The van der Waals surface area contributed by atoms with Crippen LogP contribution in [0.3, 0.4) is 0 Å². The molecule has 2 heterocycles. The molecule has 4 aromatic rings. The van der Waals surface area contributed by atoms with Gasteiger partial charge in [0, 0.05) is 11.6 Å². The van der Waals surface area contributed by atoms with Gasteiger partial charge < -0.3 is 9.57 Å². The summed E-state index contributed by atoms with van der Waals surface area (Å²) in [4.78, 5) is 18.0. The van der Waals surface area contributed by atoms with E-state index in [2.05, 4.69) is 10.7 Å². The van der Waals surface area contributed by atoms with E-state index < -0.39 is 5.97 Å². The Morgan fingerprint density at radius 1 is 1.16 bits per heavy atom. The molecule has 31 heavy (non-hydrogen) atoms. The molecule has 0 aliphatic rings. The lowest BCUT2D eigenvalue weighted by molar-refractivity contribution is 0.0585. The minimum Gasteiger partial charge on any atom is -0.464 e. The Morgan fingerprint density at radius 2 is 1.94 bits per heavy atom. The van der Waals surface area contributed by atoms with Gasteiger partial charge in [-0.3, -0.25) is 4.68 Å². The Morgan fingerprint density at radius 3 is 2.65 bits per heavy atom. The van der Waals surface area contributed by atoms with Crippen molar-refractivity contribution in [2.24, 2.45) is 0 Å². The van der Waals surface area contributed by atoms with E-state index in [1.54, 1.807) is 10.7 Å². The van der Waals surface area contributed by atoms with E-state index in [0.717, 1.165) is 34.3 Å². The van der Waals surface area contributed by atoms with Crippen molar-refractivity contribution in [3.63, 3.8) is 0 Å². The fourth-order valence-corrected chi connectivity index (χ4v) is 3.65. The standard InChI is InChI=1S/C24H26N4O3/c1-5-18-15-23(24(29)30-4)28(25-18)17(3)20-7-6-8-22-21(20)13-14-27(22)26-31-19-11-9-16(2)10-12-19/h6-15,17,26H,5H2,1-4H3. The molecule has 0 radical (unpaired) electrons. The molecule has 0 saturated heterocycles. The fraction of sp³-hybridized carbons (Fsp3) is 0.250. The first-order valence-electron chi connectivity index (χ1n) is 10.3. The molecule has 0 spiro atoms. The van der Waals surface area contributed by atoms with Crippen molar-refractivity contribution in [2.45, 2.75) is 33.2 Å². The summed E-state index contributed by atoms with van der Waals surface area (Å²) in [7, 11) is 1.39. The summed E-state index contributed by atoms with van der Waals surface area (Å²) >= 11 is 0. The highest BCUT2D eigenvalue weighted by Crippen LogP contribution is 2.28. The second-order valence-electron chi connectivity index (χ2n) is 7.46. The third kappa shape index (κ3) is 3.99. The molecule has 0 aliphatic carbocycles. The molecule has 2 aromatic carbocycles. The normalized spacial score (nSPS) is 12.0. The number of esters is 1. The van der Waals surface area contributed by atoms with Crippen molar-refractivity contribution in [1.82, 2.24) is 14.5 Å². The van der Waals surface area contributed by atoms with Crippen molar-refractivity contribution < 1.29 is 14.4 Å². The van der Waals surface area contributed by atoms with Crippen LogP contribution in [0.25, 0.3) is 10.9 Å². The number of rotatable bonds is 7. The number of ether oxygens (including phenoxy) is 1. The average molecular weight is 418 g/mol. The maximum Gasteiger partial charge on any atom is 0.356 e. The van der Waals surface area contributed by atoms with Crippen molar-refractivity contribution >= 4 is 16.9 Å². The largest absolute Gasteiger partial charge is 0.464 e. The van der Waals surface area contributed by atoms with Crippen LogP contribution in [0.4, 0.5) is 0 Å². The highest BCUT2D eigenvalue weighted by atomic mass is 16.7. The van der Waals surface area contributed by atoms with Gasteiger partial charge in [-0.25, -0.2) is 9.47 Å². The van der Waals surface area contributed by atoms with Gasteiger partial charge >= 0.3 is 5.97 Å². The Balaban J connectivity index is 1.65. The topological polar surface area (TPSA) is 70.3 Å². The zero-order chi connectivity index (χ0) is 22.0. The van der Waals surface area contributed by atoms with Gasteiger partial charge in [0.15, 0.2) is 5.75 Å². The van der Waals surface area contributed by atoms with E-state index in [1.807, 2.05) is 80.2 Å². The molecule has 7 heteroatoms. The van der Waals surface area contributed by atoms with Crippen molar-refractivity contribution in [3.8, 4) is 5.75 Å². The molecule has 0 saturated carbocycles. The van der Waals surface area contributed by atoms with Gasteiger partial charge in [-0.2, -0.15) is 10.7 Å². The van der Waals surface area contributed by atoms with E-state index in [-0.39, 0.29) is 6.04 Å². The SMILES string of the molecule is CCc1cc(C(=O)OC)n(C(C)c2cccc3c2ccn3NOc2ccc(C)cc2)n1. The van der Waals surface area contributed by atoms with Crippen molar-refractivity contribution in [2.75, 3.05) is 12.7 Å². The number of aryl methyl sites for hydroxylation is 2. The third-order valence-electron chi connectivity index (χ3n) is 5.41. The zero-order valence-electron chi connectivity index (χ0n) is 18.1. The number of benzene rings is 2. The van der Waals surface area contributed by atoms with Crippen LogP contribution in [0.15, 0.2) is 60.8 Å². The number of nitrogens with zero attached hydrogens (tertiary/aromatic N) is 3.